The molecule has 0 saturated heterocycles. The number of carbonyl (C=O) groups is 1. The van der Waals surface area contributed by atoms with Gasteiger partial charge in [0.05, 0.1) is 19.1 Å². The fourth-order valence-electron chi connectivity index (χ4n) is 2.14. The topological polar surface area (TPSA) is 150 Å². The van der Waals surface area contributed by atoms with Crippen molar-refractivity contribution in [2.24, 2.45) is 5.10 Å². The van der Waals surface area contributed by atoms with Gasteiger partial charge in [0, 0.05) is 6.26 Å². The van der Waals surface area contributed by atoms with Gasteiger partial charge in [-0.25, -0.2) is 18.2 Å². The Morgan fingerprint density at radius 2 is 1.84 bits per heavy atom. The number of hydrogen-bond acceptors (Lipinski definition) is 11. The van der Waals surface area contributed by atoms with Gasteiger partial charge in [0.1, 0.15) is 17.1 Å². The van der Waals surface area contributed by atoms with Crippen molar-refractivity contribution in [2.45, 2.75) is 18.9 Å². The maximum Gasteiger partial charge on any atom is 0.354 e. The molecule has 1 aromatic carbocycles. The molecule has 0 aliphatic carbocycles. The lowest BCUT2D eigenvalue weighted by molar-refractivity contribution is -0.135. The smallest absolute Gasteiger partial charge is 0.354 e. The van der Waals surface area contributed by atoms with E-state index in [4.69, 9.17) is 13.7 Å². The Balaban J connectivity index is 2.39. The highest BCUT2D eigenvalue weighted by molar-refractivity contribution is 7.90. The van der Waals surface area contributed by atoms with Crippen molar-refractivity contribution in [2.75, 3.05) is 24.5 Å². The highest BCUT2D eigenvalue weighted by Gasteiger charge is 2.21. The molecule has 1 aromatic heterocycles. The maximum absolute atomic E-state index is 15.0. The normalized spacial score (nSPS) is 12.2. The van der Waals surface area contributed by atoms with E-state index in [1.54, 1.807) is 6.92 Å². The number of carbonyl (C=O) groups excluding carboxylic acids is 1. The van der Waals surface area contributed by atoms with Crippen LogP contribution in [0.1, 0.15) is 13.8 Å². The Bertz CT molecular complexity index is 1240. The lowest BCUT2D eigenvalue weighted by atomic mass is 10.2. The first-order chi connectivity index (χ1) is 14.8. The minimum atomic E-state index is -4.15. The lowest BCUT2D eigenvalue weighted by Gasteiger charge is -2.14. The van der Waals surface area contributed by atoms with Crippen LogP contribution in [-0.4, -0.2) is 52.6 Å². The molecule has 0 atom stereocenters. The highest BCUT2D eigenvalue weighted by atomic mass is 32.2. The molecule has 0 unspecified atom stereocenters. The van der Waals surface area contributed by atoms with Crippen LogP contribution < -0.4 is 14.3 Å². The summed E-state index contributed by atoms with van der Waals surface area (Å²) in [6, 6.07) is 4.77. The second kappa shape index (κ2) is 9.91. The second-order valence-corrected chi connectivity index (χ2v) is 9.82. The summed E-state index contributed by atoms with van der Waals surface area (Å²) < 4.78 is 76.0. The first-order valence-corrected chi connectivity index (χ1v) is 12.6. The standard InChI is InChI=1S/C18H20FN3O8S2/c1-5-28-18(23)11(2)21-22-13-7-8-14(16(19)17(13)30-32(4,26)27)29-12-6-9-15(20-10-12)31(3,24)25/h6-10,22H,5H2,1-4H3/b21-11+. The van der Waals surface area contributed by atoms with Crippen LogP contribution in [0.2, 0.25) is 0 Å². The van der Waals surface area contributed by atoms with Crippen molar-refractivity contribution in [3.05, 3.63) is 36.3 Å². The average Bonchev–Trinajstić information content (AvgIpc) is 2.69. The van der Waals surface area contributed by atoms with Crippen LogP contribution in [0.3, 0.4) is 0 Å². The minimum absolute atomic E-state index is 0.0153. The third-order valence-electron chi connectivity index (χ3n) is 3.53. The van der Waals surface area contributed by atoms with E-state index in [1.807, 2.05) is 0 Å². The van der Waals surface area contributed by atoms with E-state index in [0.29, 0.717) is 6.26 Å². The number of aromatic nitrogens is 1. The average molecular weight is 490 g/mol. The number of nitrogens with one attached hydrogen (secondary N) is 1. The number of anilines is 1. The van der Waals surface area contributed by atoms with Gasteiger partial charge in [-0.15, -0.1) is 0 Å². The predicted octanol–water partition coefficient (Wildman–Crippen LogP) is 2.11. The van der Waals surface area contributed by atoms with Gasteiger partial charge in [-0.05, 0) is 38.1 Å². The molecule has 0 spiro atoms. The van der Waals surface area contributed by atoms with E-state index < -0.39 is 43.2 Å². The second-order valence-electron chi connectivity index (χ2n) is 6.28. The molecule has 174 valence electrons. The molecule has 2 rings (SSSR count). The zero-order valence-corrected chi connectivity index (χ0v) is 19.1. The number of rotatable bonds is 9. The van der Waals surface area contributed by atoms with Gasteiger partial charge in [-0.2, -0.15) is 17.9 Å². The molecule has 1 heterocycles. The van der Waals surface area contributed by atoms with Crippen LogP contribution in [0.15, 0.2) is 40.6 Å². The van der Waals surface area contributed by atoms with Gasteiger partial charge in [0.25, 0.3) is 0 Å². The first-order valence-electron chi connectivity index (χ1n) is 8.85. The van der Waals surface area contributed by atoms with Gasteiger partial charge >= 0.3 is 16.1 Å². The number of ether oxygens (including phenoxy) is 2. The molecule has 11 nitrogen and oxygen atoms in total. The summed E-state index contributed by atoms with van der Waals surface area (Å²) in [6.07, 6.45) is 2.75. The SMILES string of the molecule is CCOC(=O)/C(C)=N/Nc1ccc(Oc2ccc(S(C)(=O)=O)nc2)c(F)c1OS(C)(=O)=O. The summed E-state index contributed by atoms with van der Waals surface area (Å²) in [6.45, 7) is 3.06. The number of nitrogens with zero attached hydrogens (tertiary/aromatic N) is 2. The molecule has 1 N–H and O–H groups in total. The van der Waals surface area contributed by atoms with Crippen molar-refractivity contribution in [3.8, 4) is 17.2 Å². The fourth-order valence-corrected chi connectivity index (χ4v) is 3.16. The van der Waals surface area contributed by atoms with Crippen LogP contribution in [0, 0.1) is 5.82 Å². The summed E-state index contributed by atoms with van der Waals surface area (Å²) in [5, 5.41) is 3.53. The molecule has 0 aliphatic heterocycles. The summed E-state index contributed by atoms with van der Waals surface area (Å²) in [4.78, 5) is 15.3. The number of hydrazone groups is 1. The number of esters is 1. The minimum Gasteiger partial charge on any atom is -0.461 e. The third kappa shape index (κ3) is 6.88. The largest absolute Gasteiger partial charge is 0.461 e. The van der Waals surface area contributed by atoms with E-state index in [2.05, 4.69) is 15.5 Å². The molecule has 2 aromatic rings. The molecule has 0 bridgehead atoms. The highest BCUT2D eigenvalue weighted by Crippen LogP contribution is 2.37. The number of halogens is 1. The first kappa shape index (κ1) is 25.0. The number of pyridine rings is 1. The Morgan fingerprint density at radius 3 is 2.38 bits per heavy atom. The third-order valence-corrected chi connectivity index (χ3v) is 5.00. The van der Waals surface area contributed by atoms with Crippen LogP contribution in [0.4, 0.5) is 10.1 Å². The molecule has 0 saturated carbocycles. The van der Waals surface area contributed by atoms with E-state index in [1.165, 1.54) is 25.1 Å². The number of sulfone groups is 1. The zero-order valence-electron chi connectivity index (χ0n) is 17.4. The van der Waals surface area contributed by atoms with E-state index in [-0.39, 0.29) is 28.8 Å². The van der Waals surface area contributed by atoms with Crippen molar-refractivity contribution in [1.29, 1.82) is 0 Å². The number of benzene rings is 1. The van der Waals surface area contributed by atoms with Crippen LogP contribution in [0.25, 0.3) is 0 Å². The van der Waals surface area contributed by atoms with E-state index in [9.17, 15) is 21.6 Å². The Hall–Kier alpha value is -3.26. The van der Waals surface area contributed by atoms with Gasteiger partial charge in [-0.3, -0.25) is 5.43 Å². The van der Waals surface area contributed by atoms with Crippen molar-refractivity contribution in [3.63, 3.8) is 0 Å². The summed E-state index contributed by atoms with van der Waals surface area (Å²) in [7, 11) is -7.69. The fraction of sp³-hybridized carbons (Fsp3) is 0.278. The van der Waals surface area contributed by atoms with Gasteiger partial charge in [0.2, 0.25) is 11.6 Å². The van der Waals surface area contributed by atoms with Crippen LogP contribution in [0.5, 0.6) is 17.2 Å². The molecular formula is C18H20FN3O8S2. The molecule has 0 amide bonds. The van der Waals surface area contributed by atoms with Crippen LogP contribution in [-0.2, 0) is 29.5 Å². The van der Waals surface area contributed by atoms with Gasteiger partial charge in [-0.1, -0.05) is 0 Å². The molecule has 0 fully saturated rings. The zero-order chi connectivity index (χ0) is 24.1. The van der Waals surface area contributed by atoms with Crippen molar-refractivity contribution in [1.82, 2.24) is 4.98 Å². The molecule has 0 aliphatic rings. The summed E-state index contributed by atoms with van der Waals surface area (Å²) in [5.41, 5.74) is 2.04. The number of hydrogen-bond donors (Lipinski definition) is 1. The Kier molecular flexibility index (Phi) is 7.74. The Morgan fingerprint density at radius 1 is 1.16 bits per heavy atom. The molecule has 0 radical (unpaired) electrons. The molecular weight excluding hydrogens is 469 g/mol. The van der Waals surface area contributed by atoms with E-state index >= 15 is 4.39 Å². The molecule has 32 heavy (non-hydrogen) atoms. The van der Waals surface area contributed by atoms with Crippen LogP contribution >= 0.6 is 0 Å². The quantitative estimate of drug-likeness (QED) is 0.240. The summed E-state index contributed by atoms with van der Waals surface area (Å²) >= 11 is 0. The maximum atomic E-state index is 15.0. The monoisotopic (exact) mass is 489 g/mol. The van der Waals surface area contributed by atoms with Crippen molar-refractivity contribution >= 4 is 37.3 Å². The van der Waals surface area contributed by atoms with Gasteiger partial charge in [0.15, 0.2) is 20.6 Å². The molecule has 14 heteroatoms. The lowest BCUT2D eigenvalue weighted by Crippen LogP contribution is -2.16. The summed E-state index contributed by atoms with van der Waals surface area (Å²) in [5.74, 6) is -3.13. The van der Waals surface area contributed by atoms with E-state index in [0.717, 1.165) is 18.5 Å². The van der Waals surface area contributed by atoms with Gasteiger partial charge < -0.3 is 13.7 Å². The predicted molar refractivity (Wildman–Crippen MR) is 113 cm³/mol. The van der Waals surface area contributed by atoms with Crippen molar-refractivity contribution < 1.29 is 39.7 Å². The Labute approximate surface area is 184 Å².